The predicted octanol–water partition coefficient (Wildman–Crippen LogP) is 5.60. The van der Waals surface area contributed by atoms with Crippen LogP contribution >= 0.6 is 0 Å². The summed E-state index contributed by atoms with van der Waals surface area (Å²) >= 11 is 0. The fourth-order valence-electron chi connectivity index (χ4n) is 4.15. The molecule has 6 rings (SSSR count). The summed E-state index contributed by atoms with van der Waals surface area (Å²) in [6.45, 7) is 0. The van der Waals surface area contributed by atoms with E-state index in [-0.39, 0.29) is 23.9 Å². The maximum atomic E-state index is 12.9. The first-order valence-electron chi connectivity index (χ1n) is 10.2. The summed E-state index contributed by atoms with van der Waals surface area (Å²) in [6, 6.07) is 20.2. The fourth-order valence-corrected chi connectivity index (χ4v) is 4.15. The maximum absolute atomic E-state index is 12.9. The minimum Gasteiger partial charge on any atom is -0.465 e. The predicted molar refractivity (Wildman–Crippen MR) is 114 cm³/mol. The van der Waals surface area contributed by atoms with E-state index in [4.69, 9.17) is 18.3 Å². The van der Waals surface area contributed by atoms with Gasteiger partial charge in [0.25, 0.3) is 0 Å². The standard InChI is InChI=1S/C26H16O6/c27-23-14-18(20-11-10-19(30-20)15-5-2-1-3-6-15)24-21(31-23)9-8-17-25(28)22(32-26(17)24)13-16-7-4-12-29-16/h1-13,18H,14H2/b22-13-/t18-/m1/s1. The number of furan rings is 2. The van der Waals surface area contributed by atoms with Crippen LogP contribution < -0.4 is 9.47 Å². The van der Waals surface area contributed by atoms with Crippen LogP contribution in [0.2, 0.25) is 0 Å². The van der Waals surface area contributed by atoms with E-state index in [1.54, 1.807) is 30.3 Å². The first-order valence-corrected chi connectivity index (χ1v) is 10.2. The Morgan fingerprint density at radius 3 is 2.56 bits per heavy atom. The van der Waals surface area contributed by atoms with E-state index in [2.05, 4.69) is 0 Å². The number of ketones is 1. The number of fused-ring (bicyclic) bond motifs is 3. The molecule has 0 unspecified atom stereocenters. The van der Waals surface area contributed by atoms with E-state index >= 15 is 0 Å². The minimum atomic E-state index is -0.436. The van der Waals surface area contributed by atoms with Crippen LogP contribution in [0.5, 0.6) is 11.5 Å². The van der Waals surface area contributed by atoms with Crippen molar-refractivity contribution in [2.24, 2.45) is 0 Å². The third-order valence-electron chi connectivity index (χ3n) is 5.62. The Labute approximate surface area is 182 Å². The average molecular weight is 424 g/mol. The van der Waals surface area contributed by atoms with E-state index in [9.17, 15) is 9.59 Å². The molecule has 2 aliphatic heterocycles. The molecule has 32 heavy (non-hydrogen) atoms. The molecule has 2 aromatic carbocycles. The Bertz CT molecular complexity index is 1380. The van der Waals surface area contributed by atoms with Crippen molar-refractivity contribution in [2.75, 3.05) is 0 Å². The van der Waals surface area contributed by atoms with Gasteiger partial charge in [-0.2, -0.15) is 0 Å². The average Bonchev–Trinajstić information content (AvgIpc) is 3.56. The van der Waals surface area contributed by atoms with Gasteiger partial charge >= 0.3 is 5.97 Å². The van der Waals surface area contributed by atoms with Crippen LogP contribution in [0.3, 0.4) is 0 Å². The number of carbonyl (C=O) groups excluding carboxylic acids is 2. The zero-order valence-corrected chi connectivity index (χ0v) is 16.7. The van der Waals surface area contributed by atoms with Crippen LogP contribution in [-0.4, -0.2) is 11.8 Å². The zero-order chi connectivity index (χ0) is 21.7. The molecule has 4 heterocycles. The smallest absolute Gasteiger partial charge is 0.312 e. The number of hydrogen-bond donors (Lipinski definition) is 0. The second-order valence-corrected chi connectivity index (χ2v) is 7.61. The molecule has 0 fully saturated rings. The fraction of sp³-hybridized carbons (Fsp3) is 0.0769. The Kier molecular flexibility index (Phi) is 4.11. The Morgan fingerprint density at radius 1 is 0.875 bits per heavy atom. The summed E-state index contributed by atoms with van der Waals surface area (Å²) in [5, 5.41) is 0. The summed E-state index contributed by atoms with van der Waals surface area (Å²) in [4.78, 5) is 25.3. The number of ether oxygens (including phenoxy) is 2. The van der Waals surface area contributed by atoms with Gasteiger partial charge in [-0.05, 0) is 36.4 Å². The van der Waals surface area contributed by atoms with Crippen molar-refractivity contribution in [2.45, 2.75) is 12.3 Å². The summed E-state index contributed by atoms with van der Waals surface area (Å²) in [5.74, 6) is 1.68. The van der Waals surface area contributed by atoms with Gasteiger partial charge in [-0.25, -0.2) is 0 Å². The van der Waals surface area contributed by atoms with Crippen LogP contribution in [0.4, 0.5) is 0 Å². The number of rotatable bonds is 3. The highest BCUT2D eigenvalue weighted by molar-refractivity contribution is 6.15. The van der Waals surface area contributed by atoms with Crippen molar-refractivity contribution in [3.63, 3.8) is 0 Å². The quantitative estimate of drug-likeness (QED) is 0.242. The zero-order valence-electron chi connectivity index (χ0n) is 16.7. The molecule has 0 amide bonds. The van der Waals surface area contributed by atoms with Gasteiger partial charge in [-0.1, -0.05) is 30.3 Å². The van der Waals surface area contributed by atoms with Gasteiger partial charge < -0.3 is 18.3 Å². The van der Waals surface area contributed by atoms with Gasteiger partial charge in [-0.3, -0.25) is 9.59 Å². The lowest BCUT2D eigenvalue weighted by atomic mass is 9.88. The van der Waals surface area contributed by atoms with Gasteiger partial charge in [0.2, 0.25) is 5.78 Å². The van der Waals surface area contributed by atoms with Crippen LogP contribution in [0, 0.1) is 0 Å². The lowest BCUT2D eigenvalue weighted by Gasteiger charge is -2.24. The van der Waals surface area contributed by atoms with Gasteiger partial charge in [0, 0.05) is 17.2 Å². The van der Waals surface area contributed by atoms with Gasteiger partial charge in [-0.15, -0.1) is 0 Å². The van der Waals surface area contributed by atoms with E-state index in [0.717, 1.165) is 5.56 Å². The number of esters is 1. The number of hydrogen-bond acceptors (Lipinski definition) is 6. The van der Waals surface area contributed by atoms with Crippen LogP contribution in [0.25, 0.3) is 17.4 Å². The minimum absolute atomic E-state index is 0.0833. The molecule has 156 valence electrons. The highest BCUT2D eigenvalue weighted by atomic mass is 16.5. The highest BCUT2D eigenvalue weighted by Gasteiger charge is 2.39. The SMILES string of the molecule is O=C1C[C@H](c2ccc(-c3ccccc3)o2)c2c(ccc3c2O/C(=C\c2ccco2)C3=O)O1. The summed E-state index contributed by atoms with van der Waals surface area (Å²) in [5.41, 5.74) is 1.98. The molecule has 0 saturated carbocycles. The molecule has 0 radical (unpaired) electrons. The molecule has 0 saturated heterocycles. The van der Waals surface area contributed by atoms with Crippen molar-refractivity contribution in [3.05, 3.63) is 101 Å². The molecule has 1 atom stereocenters. The summed E-state index contributed by atoms with van der Waals surface area (Å²) in [6.07, 6.45) is 3.16. The Hall–Kier alpha value is -4.32. The van der Waals surface area contributed by atoms with Crippen molar-refractivity contribution in [3.8, 4) is 22.8 Å². The van der Waals surface area contributed by atoms with Crippen LogP contribution in [-0.2, 0) is 4.79 Å². The first-order chi connectivity index (χ1) is 15.7. The van der Waals surface area contributed by atoms with E-state index in [1.165, 1.54) is 6.26 Å². The number of carbonyl (C=O) groups is 2. The summed E-state index contributed by atoms with van der Waals surface area (Å²) in [7, 11) is 0. The molecule has 4 aromatic rings. The molecular weight excluding hydrogens is 408 g/mol. The first kappa shape index (κ1) is 18.4. The summed E-state index contributed by atoms with van der Waals surface area (Å²) < 4.78 is 22.9. The van der Waals surface area contributed by atoms with E-state index in [0.29, 0.717) is 39.9 Å². The van der Waals surface area contributed by atoms with Crippen molar-refractivity contribution in [1.29, 1.82) is 0 Å². The highest BCUT2D eigenvalue weighted by Crippen LogP contribution is 2.49. The van der Waals surface area contributed by atoms with Crippen molar-refractivity contribution >= 4 is 17.8 Å². The molecule has 6 nitrogen and oxygen atoms in total. The second kappa shape index (κ2) is 7.13. The third-order valence-corrected chi connectivity index (χ3v) is 5.62. The molecular formula is C26H16O6. The lowest BCUT2D eigenvalue weighted by Crippen LogP contribution is -2.21. The molecule has 0 N–H and O–H groups in total. The van der Waals surface area contributed by atoms with Crippen molar-refractivity contribution in [1.82, 2.24) is 0 Å². The number of Topliss-reactive ketones (excluding diaryl/α,β-unsaturated/α-hetero) is 1. The van der Waals surface area contributed by atoms with Crippen molar-refractivity contribution < 1.29 is 27.9 Å². The Morgan fingerprint density at radius 2 is 1.75 bits per heavy atom. The van der Waals surface area contributed by atoms with Gasteiger partial charge in [0.05, 0.1) is 24.2 Å². The monoisotopic (exact) mass is 424 g/mol. The normalized spacial score (nSPS) is 18.2. The second-order valence-electron chi connectivity index (χ2n) is 7.61. The Balaban J connectivity index is 1.44. The number of benzene rings is 2. The molecule has 2 aromatic heterocycles. The van der Waals surface area contributed by atoms with E-state index in [1.807, 2.05) is 42.5 Å². The maximum Gasteiger partial charge on any atom is 0.312 e. The molecule has 6 heteroatoms. The third kappa shape index (κ3) is 2.96. The molecule has 2 aliphatic rings. The van der Waals surface area contributed by atoms with Crippen LogP contribution in [0.1, 0.15) is 39.8 Å². The number of allylic oxidation sites excluding steroid dienone is 1. The van der Waals surface area contributed by atoms with Crippen LogP contribution in [0.15, 0.2) is 87.6 Å². The largest absolute Gasteiger partial charge is 0.465 e. The molecule has 0 spiro atoms. The lowest BCUT2D eigenvalue weighted by molar-refractivity contribution is -0.135. The molecule has 0 bridgehead atoms. The van der Waals surface area contributed by atoms with Gasteiger partial charge in [0.1, 0.15) is 28.8 Å². The topological polar surface area (TPSA) is 78.9 Å². The molecule has 0 aliphatic carbocycles. The van der Waals surface area contributed by atoms with E-state index < -0.39 is 5.92 Å². The van der Waals surface area contributed by atoms with Gasteiger partial charge in [0.15, 0.2) is 5.76 Å².